The summed E-state index contributed by atoms with van der Waals surface area (Å²) in [6.07, 6.45) is 2.15. The molecule has 1 aromatic rings. The minimum atomic E-state index is -0.876. The predicted octanol–water partition coefficient (Wildman–Crippen LogP) is 2.15. The number of esters is 1. The second kappa shape index (κ2) is 6.93. The van der Waals surface area contributed by atoms with Crippen LogP contribution in [0.5, 0.6) is 0 Å². The molecule has 1 aromatic heterocycles. The van der Waals surface area contributed by atoms with Crippen LogP contribution in [0, 0.1) is 5.41 Å². The van der Waals surface area contributed by atoms with Crippen LogP contribution in [0.3, 0.4) is 0 Å². The van der Waals surface area contributed by atoms with Gasteiger partial charge in [0.1, 0.15) is 6.26 Å². The molecule has 0 radical (unpaired) electrons. The first-order valence-electron chi connectivity index (χ1n) is 6.59. The van der Waals surface area contributed by atoms with E-state index in [1.165, 1.54) is 6.26 Å². The molecule has 0 spiro atoms. The van der Waals surface area contributed by atoms with Crippen LogP contribution in [0.25, 0.3) is 0 Å². The highest BCUT2D eigenvalue weighted by atomic mass is 16.5. The van der Waals surface area contributed by atoms with E-state index in [2.05, 4.69) is 10.3 Å². The molecule has 112 valence electrons. The molecule has 0 amide bonds. The third-order valence-corrected chi connectivity index (χ3v) is 3.37. The quantitative estimate of drug-likeness (QED) is 0.705. The maximum atomic E-state index is 11.4. The standard InChI is InChI=1S/C13H20N2O5/c1-4-13(5-2,11(17)18)8-14-12-15-9(7-20-12)10(16)19-6-3/h7H,4-6,8H2,1-3H3,(H,14,15)(H,17,18). The maximum Gasteiger partial charge on any atom is 0.360 e. The molecular formula is C13H20N2O5. The summed E-state index contributed by atoms with van der Waals surface area (Å²) < 4.78 is 9.86. The molecule has 0 fully saturated rings. The molecule has 7 heteroatoms. The molecule has 0 aliphatic heterocycles. The van der Waals surface area contributed by atoms with E-state index in [9.17, 15) is 14.7 Å². The average Bonchev–Trinajstić information content (AvgIpc) is 2.89. The number of nitrogens with one attached hydrogen (secondary N) is 1. The first-order valence-corrected chi connectivity index (χ1v) is 6.59. The van der Waals surface area contributed by atoms with Crippen LogP contribution in [0.1, 0.15) is 44.1 Å². The van der Waals surface area contributed by atoms with E-state index in [0.29, 0.717) is 12.8 Å². The highest BCUT2D eigenvalue weighted by Gasteiger charge is 2.35. The van der Waals surface area contributed by atoms with Crippen molar-refractivity contribution in [2.45, 2.75) is 33.6 Å². The SMILES string of the molecule is CCOC(=O)c1coc(NCC(CC)(CC)C(=O)O)n1. The van der Waals surface area contributed by atoms with Crippen LogP contribution in [-0.4, -0.2) is 35.2 Å². The summed E-state index contributed by atoms with van der Waals surface area (Å²) in [5.74, 6) is -1.44. The monoisotopic (exact) mass is 284 g/mol. The fraction of sp³-hybridized carbons (Fsp3) is 0.615. The fourth-order valence-electron chi connectivity index (χ4n) is 1.78. The van der Waals surface area contributed by atoms with Crippen molar-refractivity contribution in [1.29, 1.82) is 0 Å². The number of rotatable bonds is 8. The smallest absolute Gasteiger partial charge is 0.360 e. The lowest BCUT2D eigenvalue weighted by molar-refractivity contribution is -0.148. The molecule has 0 aliphatic carbocycles. The van der Waals surface area contributed by atoms with Gasteiger partial charge in [-0.25, -0.2) is 4.79 Å². The Morgan fingerprint density at radius 3 is 2.55 bits per heavy atom. The van der Waals surface area contributed by atoms with Gasteiger partial charge in [0.2, 0.25) is 0 Å². The number of hydrogen-bond acceptors (Lipinski definition) is 6. The molecule has 0 unspecified atom stereocenters. The zero-order valence-corrected chi connectivity index (χ0v) is 11.9. The van der Waals surface area contributed by atoms with E-state index in [1.54, 1.807) is 6.92 Å². The number of anilines is 1. The molecule has 0 aromatic carbocycles. The lowest BCUT2D eigenvalue weighted by Crippen LogP contribution is -2.36. The number of carboxylic acids is 1. The Balaban J connectivity index is 2.70. The summed E-state index contributed by atoms with van der Waals surface area (Å²) in [6, 6.07) is 0.112. The van der Waals surface area contributed by atoms with E-state index >= 15 is 0 Å². The third kappa shape index (κ3) is 3.49. The van der Waals surface area contributed by atoms with Crippen molar-refractivity contribution in [3.8, 4) is 0 Å². The number of nitrogens with zero attached hydrogens (tertiary/aromatic N) is 1. The van der Waals surface area contributed by atoms with E-state index in [0.717, 1.165) is 0 Å². The lowest BCUT2D eigenvalue weighted by Gasteiger charge is -2.26. The van der Waals surface area contributed by atoms with Crippen molar-refractivity contribution >= 4 is 18.0 Å². The molecule has 0 aliphatic rings. The number of carboxylic acid groups (broad SMARTS) is 1. The Labute approximate surface area is 117 Å². The van der Waals surface area contributed by atoms with E-state index in [1.807, 2.05) is 13.8 Å². The molecule has 7 nitrogen and oxygen atoms in total. The highest BCUT2D eigenvalue weighted by Crippen LogP contribution is 2.27. The molecule has 0 bridgehead atoms. The number of aromatic nitrogens is 1. The van der Waals surface area contributed by atoms with Gasteiger partial charge in [-0.1, -0.05) is 13.8 Å². The van der Waals surface area contributed by atoms with Gasteiger partial charge in [0, 0.05) is 6.54 Å². The summed E-state index contributed by atoms with van der Waals surface area (Å²) in [6.45, 7) is 5.76. The van der Waals surface area contributed by atoms with Crippen molar-refractivity contribution in [1.82, 2.24) is 4.98 Å². The Bertz CT molecular complexity index is 465. The zero-order chi connectivity index (χ0) is 15.2. The van der Waals surface area contributed by atoms with Crippen molar-refractivity contribution < 1.29 is 23.8 Å². The van der Waals surface area contributed by atoms with E-state index < -0.39 is 17.4 Å². The maximum absolute atomic E-state index is 11.4. The number of carbonyl (C=O) groups is 2. The van der Waals surface area contributed by atoms with Crippen molar-refractivity contribution in [3.05, 3.63) is 12.0 Å². The van der Waals surface area contributed by atoms with Gasteiger partial charge >= 0.3 is 11.9 Å². The number of ether oxygens (including phenoxy) is 1. The van der Waals surface area contributed by atoms with Gasteiger partial charge in [0.25, 0.3) is 6.01 Å². The summed E-state index contributed by atoms with van der Waals surface area (Å²) in [7, 11) is 0. The van der Waals surface area contributed by atoms with Gasteiger partial charge < -0.3 is 19.6 Å². The first-order chi connectivity index (χ1) is 9.49. The summed E-state index contributed by atoms with van der Waals surface area (Å²) in [5.41, 5.74) is -0.818. The van der Waals surface area contributed by atoms with Crippen molar-refractivity contribution in [2.24, 2.45) is 5.41 Å². The molecule has 0 saturated carbocycles. The molecule has 20 heavy (non-hydrogen) atoms. The van der Waals surface area contributed by atoms with Gasteiger partial charge in [0.15, 0.2) is 5.69 Å². The summed E-state index contributed by atoms with van der Waals surface area (Å²) in [4.78, 5) is 26.7. The molecule has 0 saturated heterocycles. The Morgan fingerprint density at radius 1 is 1.40 bits per heavy atom. The van der Waals surface area contributed by atoms with Gasteiger partial charge in [-0.15, -0.1) is 0 Å². The molecule has 1 rings (SSSR count). The van der Waals surface area contributed by atoms with Gasteiger partial charge in [0.05, 0.1) is 12.0 Å². The second-order valence-electron chi connectivity index (χ2n) is 4.40. The minimum Gasteiger partial charge on any atom is -0.481 e. The van der Waals surface area contributed by atoms with Crippen LogP contribution in [-0.2, 0) is 9.53 Å². The molecule has 2 N–H and O–H groups in total. The summed E-state index contributed by atoms with van der Waals surface area (Å²) in [5, 5.41) is 12.1. The highest BCUT2D eigenvalue weighted by molar-refractivity contribution is 5.87. The Hall–Kier alpha value is -2.05. The number of hydrogen-bond donors (Lipinski definition) is 2. The number of aliphatic carboxylic acids is 1. The average molecular weight is 284 g/mol. The Morgan fingerprint density at radius 2 is 2.05 bits per heavy atom. The van der Waals surface area contributed by atoms with Crippen molar-refractivity contribution in [2.75, 3.05) is 18.5 Å². The summed E-state index contributed by atoms with van der Waals surface area (Å²) >= 11 is 0. The van der Waals surface area contributed by atoms with Crippen LogP contribution in [0.15, 0.2) is 10.7 Å². The second-order valence-corrected chi connectivity index (χ2v) is 4.40. The Kier molecular flexibility index (Phi) is 5.54. The van der Waals surface area contributed by atoms with E-state index in [-0.39, 0.29) is 24.9 Å². The van der Waals surface area contributed by atoms with Gasteiger partial charge in [-0.2, -0.15) is 4.98 Å². The molecule has 1 heterocycles. The van der Waals surface area contributed by atoms with Crippen LogP contribution < -0.4 is 5.32 Å². The lowest BCUT2D eigenvalue weighted by atomic mass is 9.82. The fourth-order valence-corrected chi connectivity index (χ4v) is 1.78. The molecule has 0 atom stereocenters. The molecular weight excluding hydrogens is 264 g/mol. The number of carbonyl (C=O) groups excluding carboxylic acids is 1. The van der Waals surface area contributed by atoms with Gasteiger partial charge in [-0.3, -0.25) is 4.79 Å². The minimum absolute atomic E-state index is 0.0586. The largest absolute Gasteiger partial charge is 0.481 e. The van der Waals surface area contributed by atoms with Crippen LogP contribution in [0.4, 0.5) is 6.01 Å². The van der Waals surface area contributed by atoms with Gasteiger partial charge in [-0.05, 0) is 19.8 Å². The third-order valence-electron chi connectivity index (χ3n) is 3.37. The van der Waals surface area contributed by atoms with Crippen LogP contribution in [0.2, 0.25) is 0 Å². The normalized spacial score (nSPS) is 11.2. The number of oxazole rings is 1. The topological polar surface area (TPSA) is 102 Å². The zero-order valence-electron chi connectivity index (χ0n) is 11.9. The van der Waals surface area contributed by atoms with Crippen molar-refractivity contribution in [3.63, 3.8) is 0 Å². The van der Waals surface area contributed by atoms with E-state index in [4.69, 9.17) is 9.15 Å². The predicted molar refractivity (Wildman–Crippen MR) is 71.6 cm³/mol. The van der Waals surface area contributed by atoms with Crippen LogP contribution >= 0.6 is 0 Å². The first kappa shape index (κ1) is 16.0.